The molecule has 236 valence electrons. The Morgan fingerprint density at radius 1 is 1.09 bits per heavy atom. The van der Waals surface area contributed by atoms with E-state index in [9.17, 15) is 9.18 Å². The van der Waals surface area contributed by atoms with Crippen molar-refractivity contribution in [2.45, 2.75) is 57.7 Å². The fraction of sp³-hybridized carbons (Fsp3) is 0.429. The Hall–Kier alpha value is -3.33. The Labute approximate surface area is 272 Å². The minimum Gasteiger partial charge on any atom is -0.485 e. The minimum absolute atomic E-state index is 0.310. The van der Waals surface area contributed by atoms with Crippen LogP contribution in [0.5, 0.6) is 11.5 Å². The first-order valence-corrected chi connectivity index (χ1v) is 16.4. The average Bonchev–Trinajstić information content (AvgIpc) is 3.76. The third-order valence-electron chi connectivity index (χ3n) is 9.43. The van der Waals surface area contributed by atoms with Crippen LogP contribution in [-0.4, -0.2) is 53.4 Å². The van der Waals surface area contributed by atoms with Crippen LogP contribution in [0.15, 0.2) is 54.6 Å². The number of esters is 1. The second kappa shape index (κ2) is 12.5. The Bertz CT molecular complexity index is 1730. The van der Waals surface area contributed by atoms with Crippen LogP contribution in [0, 0.1) is 5.41 Å². The van der Waals surface area contributed by atoms with Gasteiger partial charge in [-0.05, 0) is 88.0 Å². The molecule has 0 unspecified atom stereocenters. The van der Waals surface area contributed by atoms with Crippen molar-refractivity contribution in [3.8, 4) is 11.5 Å². The number of piperidine rings is 1. The molecule has 3 heterocycles. The second-order valence-electron chi connectivity index (χ2n) is 12.5. The molecule has 1 saturated heterocycles. The van der Waals surface area contributed by atoms with Crippen LogP contribution in [-0.2, 0) is 17.8 Å². The van der Waals surface area contributed by atoms with Gasteiger partial charge in [-0.2, -0.15) is 0 Å². The molecule has 3 aliphatic rings. The summed E-state index contributed by atoms with van der Waals surface area (Å²) < 4.78 is 34.1. The van der Waals surface area contributed by atoms with Crippen LogP contribution >= 0.6 is 23.2 Å². The molecule has 2 fully saturated rings. The lowest BCUT2D eigenvalue weighted by atomic mass is 9.88. The fourth-order valence-corrected chi connectivity index (χ4v) is 7.14. The molecule has 0 spiro atoms. The molecule has 7 nitrogen and oxygen atoms in total. The van der Waals surface area contributed by atoms with E-state index in [2.05, 4.69) is 15.5 Å². The Morgan fingerprint density at radius 3 is 2.64 bits per heavy atom. The van der Waals surface area contributed by atoms with E-state index in [1.165, 1.54) is 0 Å². The van der Waals surface area contributed by atoms with Crippen molar-refractivity contribution in [2.24, 2.45) is 5.41 Å². The number of halogens is 3. The van der Waals surface area contributed by atoms with Gasteiger partial charge in [-0.3, -0.25) is 9.29 Å². The highest BCUT2D eigenvalue weighted by Gasteiger charge is 2.44. The number of benzene rings is 3. The molecule has 4 aromatic rings. The quantitative estimate of drug-likeness (QED) is 0.170. The molecule has 0 amide bonds. The van der Waals surface area contributed by atoms with Gasteiger partial charge in [-0.25, -0.2) is 9.78 Å². The second-order valence-corrected chi connectivity index (χ2v) is 13.3. The number of para-hydroxylation sites is 1. The van der Waals surface area contributed by atoms with Crippen molar-refractivity contribution in [2.75, 3.05) is 33.0 Å². The lowest BCUT2D eigenvalue weighted by molar-refractivity contribution is 0.0526. The molecule has 3 aromatic carbocycles. The van der Waals surface area contributed by atoms with Crippen molar-refractivity contribution in [3.63, 3.8) is 0 Å². The van der Waals surface area contributed by atoms with Crippen LogP contribution < -0.4 is 9.47 Å². The summed E-state index contributed by atoms with van der Waals surface area (Å²) in [5.41, 5.74) is 3.83. The summed E-state index contributed by atoms with van der Waals surface area (Å²) >= 11 is 12.6. The number of hydrogen-bond acceptors (Lipinski definition) is 6. The van der Waals surface area contributed by atoms with E-state index < -0.39 is 0 Å². The SMILES string of the molecule is CCOC(=O)c1ccc2nc(CN3CCC(c4cccc5c4O[C@@H](c4ccc(Cl)cc4Cl)CO5)CC3)n(CC3(CF)CC3)c2c1. The molecule has 0 radical (unpaired) electrons. The molecule has 0 N–H and O–H groups in total. The predicted molar refractivity (Wildman–Crippen MR) is 172 cm³/mol. The number of aromatic nitrogens is 2. The molecule has 1 aliphatic carbocycles. The average molecular weight is 653 g/mol. The van der Waals surface area contributed by atoms with Crippen LogP contribution in [0.1, 0.15) is 71.9 Å². The molecule has 0 bridgehead atoms. The van der Waals surface area contributed by atoms with Crippen molar-refractivity contribution >= 4 is 40.2 Å². The van der Waals surface area contributed by atoms with E-state index in [-0.39, 0.29) is 24.2 Å². The number of rotatable bonds is 9. The maximum atomic E-state index is 14.1. The highest BCUT2D eigenvalue weighted by Crippen LogP contribution is 2.48. The standard InChI is InChI=1S/C35H36Cl2FN3O4/c1-2-43-34(42)23-6-9-28-29(16-23)41(21-35(20-38)12-13-35)32(39-28)18-40-14-10-22(11-15-40)25-4-3-5-30-33(25)45-31(19-44-30)26-8-7-24(36)17-27(26)37/h3-9,16-17,22,31H,2,10-15,18-21H2,1H3/t31-/m1/s1. The molecule has 45 heavy (non-hydrogen) atoms. The summed E-state index contributed by atoms with van der Waals surface area (Å²) in [6.45, 7) is 5.11. The number of imidazole rings is 1. The Kier molecular flexibility index (Phi) is 8.40. The Morgan fingerprint density at radius 2 is 1.91 bits per heavy atom. The van der Waals surface area contributed by atoms with Crippen molar-refractivity contribution < 1.29 is 23.4 Å². The van der Waals surface area contributed by atoms with Crippen LogP contribution in [0.3, 0.4) is 0 Å². The van der Waals surface area contributed by atoms with Gasteiger partial charge < -0.3 is 18.8 Å². The van der Waals surface area contributed by atoms with Gasteiger partial charge in [-0.1, -0.05) is 41.4 Å². The monoisotopic (exact) mass is 651 g/mol. The van der Waals surface area contributed by atoms with Gasteiger partial charge >= 0.3 is 5.97 Å². The number of fused-ring (bicyclic) bond motifs is 2. The van der Waals surface area contributed by atoms with Gasteiger partial charge in [0.05, 0.1) is 36.4 Å². The molecular formula is C35H36Cl2FN3O4. The van der Waals surface area contributed by atoms with E-state index >= 15 is 0 Å². The number of carbonyl (C=O) groups is 1. The lowest BCUT2D eigenvalue weighted by Crippen LogP contribution is -2.34. The summed E-state index contributed by atoms with van der Waals surface area (Å²) in [5, 5.41) is 1.15. The first-order chi connectivity index (χ1) is 21.9. The molecule has 1 atom stereocenters. The topological polar surface area (TPSA) is 65.8 Å². The molecular weight excluding hydrogens is 616 g/mol. The minimum atomic E-state index is -0.359. The van der Waals surface area contributed by atoms with Crippen LogP contribution in [0.4, 0.5) is 4.39 Å². The Balaban J connectivity index is 1.08. The third-order valence-corrected chi connectivity index (χ3v) is 10.00. The van der Waals surface area contributed by atoms with Crippen LogP contribution in [0.2, 0.25) is 10.0 Å². The number of carbonyl (C=O) groups excluding carboxylic acids is 1. The molecule has 2 aliphatic heterocycles. The van der Waals surface area contributed by atoms with Gasteiger partial charge in [0.2, 0.25) is 0 Å². The lowest BCUT2D eigenvalue weighted by Gasteiger charge is -2.35. The third kappa shape index (κ3) is 6.12. The molecule has 10 heteroatoms. The zero-order chi connectivity index (χ0) is 31.1. The van der Waals surface area contributed by atoms with E-state index in [1.807, 2.05) is 36.4 Å². The first kappa shape index (κ1) is 30.3. The van der Waals surface area contributed by atoms with E-state index in [4.69, 9.17) is 42.4 Å². The zero-order valence-corrected chi connectivity index (χ0v) is 26.7. The largest absolute Gasteiger partial charge is 0.485 e. The van der Waals surface area contributed by atoms with Gasteiger partial charge in [-0.15, -0.1) is 0 Å². The number of ether oxygens (including phenoxy) is 3. The van der Waals surface area contributed by atoms with Gasteiger partial charge in [0.1, 0.15) is 12.4 Å². The van der Waals surface area contributed by atoms with E-state index in [0.717, 1.165) is 78.3 Å². The number of hydrogen-bond donors (Lipinski definition) is 0. The highest BCUT2D eigenvalue weighted by molar-refractivity contribution is 6.35. The van der Waals surface area contributed by atoms with Gasteiger partial charge in [0.25, 0.3) is 0 Å². The summed E-state index contributed by atoms with van der Waals surface area (Å²) in [6.07, 6.45) is 3.31. The van der Waals surface area contributed by atoms with Crippen LogP contribution in [0.25, 0.3) is 11.0 Å². The fourth-order valence-electron chi connectivity index (χ4n) is 6.61. The summed E-state index contributed by atoms with van der Waals surface area (Å²) in [4.78, 5) is 19.9. The number of nitrogens with zero attached hydrogens (tertiary/aromatic N) is 3. The van der Waals surface area contributed by atoms with Crippen molar-refractivity contribution in [1.82, 2.24) is 14.5 Å². The predicted octanol–water partition coefficient (Wildman–Crippen LogP) is 8.16. The van der Waals surface area contributed by atoms with Crippen molar-refractivity contribution in [3.05, 3.63) is 87.2 Å². The van der Waals surface area contributed by atoms with E-state index in [0.29, 0.717) is 47.8 Å². The normalized spacial score (nSPS) is 19.5. The molecule has 1 saturated carbocycles. The summed E-state index contributed by atoms with van der Waals surface area (Å²) in [6, 6.07) is 17.0. The van der Waals surface area contributed by atoms with Gasteiger partial charge in [0, 0.05) is 33.1 Å². The zero-order valence-electron chi connectivity index (χ0n) is 25.2. The smallest absolute Gasteiger partial charge is 0.338 e. The van der Waals surface area contributed by atoms with Gasteiger partial charge in [0.15, 0.2) is 17.6 Å². The molecule has 1 aromatic heterocycles. The van der Waals surface area contributed by atoms with E-state index in [1.54, 1.807) is 19.1 Å². The highest BCUT2D eigenvalue weighted by atomic mass is 35.5. The first-order valence-electron chi connectivity index (χ1n) is 15.7. The number of likely N-dealkylation sites (tertiary alicyclic amines) is 1. The maximum Gasteiger partial charge on any atom is 0.338 e. The molecule has 7 rings (SSSR count). The summed E-state index contributed by atoms with van der Waals surface area (Å²) in [7, 11) is 0. The maximum absolute atomic E-state index is 14.1. The summed E-state index contributed by atoms with van der Waals surface area (Å²) in [5.74, 6) is 2.40. The van der Waals surface area contributed by atoms with Crippen molar-refractivity contribution in [1.29, 1.82) is 0 Å². The number of alkyl halides is 1.